The number of benzene rings is 2. The summed E-state index contributed by atoms with van der Waals surface area (Å²) in [5.41, 5.74) is 0.420. The van der Waals surface area contributed by atoms with E-state index in [0.717, 1.165) is 25.4 Å². The first-order valence-electron chi connectivity index (χ1n) is 8.77. The predicted octanol–water partition coefficient (Wildman–Crippen LogP) is 3.12. The molecule has 2 aromatic carbocycles. The maximum atomic E-state index is 12.8. The molecule has 0 aliphatic carbocycles. The van der Waals surface area contributed by atoms with Crippen molar-refractivity contribution in [2.75, 3.05) is 13.1 Å². The van der Waals surface area contributed by atoms with E-state index in [9.17, 15) is 19.2 Å². The first kappa shape index (κ1) is 18.1. The number of nitrogens with zero attached hydrogens (tertiary/aromatic N) is 2. The standard InChI is InChI=1S/C21H16N2O4S/c24-18(17-9-3-6-14-5-1-2-8-16(14)17)13-23-20(26)19(25)22(21(23)27)11-10-15-7-4-12-28-15/h1-9,12H,10-11,13H2. The first-order valence-corrected chi connectivity index (χ1v) is 9.65. The topological polar surface area (TPSA) is 74.8 Å². The van der Waals surface area contributed by atoms with E-state index < -0.39 is 24.4 Å². The Hall–Kier alpha value is -3.32. The third-order valence-corrected chi connectivity index (χ3v) is 5.62. The third-order valence-electron chi connectivity index (χ3n) is 4.69. The van der Waals surface area contributed by atoms with E-state index in [1.165, 1.54) is 11.3 Å². The Morgan fingerprint density at radius 1 is 0.857 bits per heavy atom. The van der Waals surface area contributed by atoms with Crippen LogP contribution in [0.4, 0.5) is 4.79 Å². The van der Waals surface area contributed by atoms with E-state index in [-0.39, 0.29) is 12.3 Å². The van der Waals surface area contributed by atoms with Crippen LogP contribution in [0.2, 0.25) is 0 Å². The number of ketones is 1. The van der Waals surface area contributed by atoms with Gasteiger partial charge in [-0.25, -0.2) is 9.69 Å². The Bertz CT molecular complexity index is 1090. The molecule has 2 heterocycles. The number of hydrogen-bond donors (Lipinski definition) is 0. The molecule has 3 aromatic rings. The number of imide groups is 2. The van der Waals surface area contributed by atoms with Gasteiger partial charge in [0.05, 0.1) is 6.54 Å². The molecule has 0 unspecified atom stereocenters. The second-order valence-corrected chi connectivity index (χ2v) is 7.44. The van der Waals surface area contributed by atoms with Gasteiger partial charge in [0, 0.05) is 23.4 Å². The van der Waals surface area contributed by atoms with Crippen molar-refractivity contribution < 1.29 is 19.2 Å². The molecule has 4 rings (SSSR count). The lowest BCUT2D eigenvalue weighted by molar-refractivity contribution is -0.143. The number of carbonyl (C=O) groups excluding carboxylic acids is 4. The molecule has 1 fully saturated rings. The van der Waals surface area contributed by atoms with Gasteiger partial charge in [-0.15, -0.1) is 11.3 Å². The Labute approximate surface area is 165 Å². The zero-order valence-corrected chi connectivity index (χ0v) is 15.6. The van der Waals surface area contributed by atoms with E-state index in [0.29, 0.717) is 12.0 Å². The maximum Gasteiger partial charge on any atom is 0.334 e. The number of fused-ring (bicyclic) bond motifs is 1. The van der Waals surface area contributed by atoms with Crippen molar-refractivity contribution in [2.45, 2.75) is 6.42 Å². The van der Waals surface area contributed by atoms with E-state index in [1.54, 1.807) is 12.1 Å². The summed E-state index contributed by atoms with van der Waals surface area (Å²) < 4.78 is 0. The van der Waals surface area contributed by atoms with Gasteiger partial charge in [0.1, 0.15) is 0 Å². The monoisotopic (exact) mass is 392 g/mol. The summed E-state index contributed by atoms with van der Waals surface area (Å²) >= 11 is 1.52. The third kappa shape index (κ3) is 3.20. The van der Waals surface area contributed by atoms with Crippen LogP contribution in [-0.2, 0) is 16.0 Å². The van der Waals surface area contributed by atoms with E-state index in [4.69, 9.17) is 0 Å². The highest BCUT2D eigenvalue weighted by atomic mass is 32.1. The lowest BCUT2D eigenvalue weighted by Gasteiger charge is -2.15. The molecular weight excluding hydrogens is 376 g/mol. The smallest absolute Gasteiger partial charge is 0.292 e. The van der Waals surface area contributed by atoms with Crippen LogP contribution >= 0.6 is 11.3 Å². The van der Waals surface area contributed by atoms with Gasteiger partial charge < -0.3 is 0 Å². The molecule has 1 aliphatic rings. The van der Waals surface area contributed by atoms with Crippen molar-refractivity contribution in [3.63, 3.8) is 0 Å². The van der Waals surface area contributed by atoms with E-state index in [1.807, 2.05) is 47.8 Å². The number of urea groups is 1. The molecule has 0 saturated carbocycles. The fourth-order valence-corrected chi connectivity index (χ4v) is 3.96. The average Bonchev–Trinajstić information content (AvgIpc) is 3.30. The molecule has 0 bridgehead atoms. The van der Waals surface area contributed by atoms with Crippen LogP contribution in [0.15, 0.2) is 60.0 Å². The normalized spacial score (nSPS) is 14.4. The zero-order valence-electron chi connectivity index (χ0n) is 14.8. The summed E-state index contributed by atoms with van der Waals surface area (Å²) in [5, 5.41) is 3.54. The summed E-state index contributed by atoms with van der Waals surface area (Å²) in [6.07, 6.45) is 0.480. The fourth-order valence-electron chi connectivity index (χ4n) is 3.26. The molecule has 0 atom stereocenters. The molecule has 1 saturated heterocycles. The van der Waals surface area contributed by atoms with Crippen molar-refractivity contribution >= 4 is 45.7 Å². The molecule has 6 nitrogen and oxygen atoms in total. The fraction of sp³-hybridized carbons (Fsp3) is 0.143. The molecule has 1 aromatic heterocycles. The van der Waals surface area contributed by atoms with E-state index in [2.05, 4.69) is 0 Å². The highest BCUT2D eigenvalue weighted by molar-refractivity contribution is 7.09. The Morgan fingerprint density at radius 3 is 2.39 bits per heavy atom. The van der Waals surface area contributed by atoms with E-state index >= 15 is 0 Å². The van der Waals surface area contributed by atoms with Gasteiger partial charge in [-0.2, -0.15) is 0 Å². The number of carbonyl (C=O) groups is 4. The highest BCUT2D eigenvalue weighted by Crippen LogP contribution is 2.21. The van der Waals surface area contributed by atoms with Crippen molar-refractivity contribution in [1.29, 1.82) is 0 Å². The Kier molecular flexibility index (Phi) is 4.75. The van der Waals surface area contributed by atoms with Crippen molar-refractivity contribution in [1.82, 2.24) is 9.80 Å². The van der Waals surface area contributed by atoms with Crippen LogP contribution in [0.3, 0.4) is 0 Å². The minimum Gasteiger partial charge on any atom is -0.292 e. The quantitative estimate of drug-likeness (QED) is 0.367. The molecule has 28 heavy (non-hydrogen) atoms. The highest BCUT2D eigenvalue weighted by Gasteiger charge is 2.44. The van der Waals surface area contributed by atoms with Gasteiger partial charge >= 0.3 is 17.8 Å². The SMILES string of the molecule is O=C(CN1C(=O)C(=O)N(CCc2cccs2)C1=O)c1cccc2ccccc12. The van der Waals surface area contributed by atoms with Gasteiger partial charge in [-0.05, 0) is 22.2 Å². The molecule has 1 aliphatic heterocycles. The summed E-state index contributed by atoms with van der Waals surface area (Å²) in [6, 6.07) is 15.7. The zero-order chi connectivity index (χ0) is 19.7. The van der Waals surface area contributed by atoms with Crippen LogP contribution in [0, 0.1) is 0 Å². The average molecular weight is 392 g/mol. The van der Waals surface area contributed by atoms with Crippen molar-refractivity contribution in [3.8, 4) is 0 Å². The molecule has 0 N–H and O–H groups in total. The Morgan fingerprint density at radius 2 is 1.61 bits per heavy atom. The maximum absolute atomic E-state index is 12.8. The Balaban J connectivity index is 1.52. The van der Waals surface area contributed by atoms with Gasteiger partial charge in [0.25, 0.3) is 0 Å². The summed E-state index contributed by atoms with van der Waals surface area (Å²) in [5.74, 6) is -2.22. The lowest BCUT2D eigenvalue weighted by atomic mass is 10.0. The number of amides is 4. The van der Waals surface area contributed by atoms with Gasteiger partial charge in [0.15, 0.2) is 5.78 Å². The minimum absolute atomic E-state index is 0.114. The van der Waals surface area contributed by atoms with Gasteiger partial charge in [0.2, 0.25) is 0 Å². The number of Topliss-reactive ketones (excluding diaryl/α,β-unsaturated/α-hetero) is 1. The number of hydrogen-bond acceptors (Lipinski definition) is 5. The molecule has 140 valence electrons. The predicted molar refractivity (Wildman–Crippen MR) is 105 cm³/mol. The number of rotatable bonds is 6. The first-order chi connectivity index (χ1) is 13.6. The van der Waals surface area contributed by atoms with Crippen molar-refractivity contribution in [3.05, 3.63) is 70.4 Å². The van der Waals surface area contributed by atoms with Crippen molar-refractivity contribution in [2.24, 2.45) is 0 Å². The molecular formula is C21H16N2O4S. The minimum atomic E-state index is -0.954. The number of thiophene rings is 1. The van der Waals surface area contributed by atoms with Crippen LogP contribution < -0.4 is 0 Å². The summed E-state index contributed by atoms with van der Waals surface area (Å²) in [4.78, 5) is 52.5. The molecule has 0 spiro atoms. The van der Waals surface area contributed by atoms with Gasteiger partial charge in [-0.1, -0.05) is 48.5 Å². The second kappa shape index (κ2) is 7.36. The van der Waals surface area contributed by atoms with Crippen LogP contribution in [-0.4, -0.2) is 46.5 Å². The lowest BCUT2D eigenvalue weighted by Crippen LogP contribution is -2.37. The largest absolute Gasteiger partial charge is 0.334 e. The molecule has 4 amide bonds. The van der Waals surface area contributed by atoms with Gasteiger partial charge in [-0.3, -0.25) is 19.3 Å². The summed E-state index contributed by atoms with van der Waals surface area (Å²) in [7, 11) is 0. The second-order valence-electron chi connectivity index (χ2n) is 6.41. The summed E-state index contributed by atoms with van der Waals surface area (Å²) in [6.45, 7) is -0.338. The molecule has 7 heteroatoms. The van der Waals surface area contributed by atoms with Crippen LogP contribution in [0.5, 0.6) is 0 Å². The molecule has 0 radical (unpaired) electrons. The van der Waals surface area contributed by atoms with Crippen LogP contribution in [0.25, 0.3) is 10.8 Å². The van der Waals surface area contributed by atoms with Crippen LogP contribution in [0.1, 0.15) is 15.2 Å².